The van der Waals surface area contributed by atoms with Crippen molar-refractivity contribution in [2.24, 2.45) is 0 Å². The molecule has 14 heavy (non-hydrogen) atoms. The van der Waals surface area contributed by atoms with Gasteiger partial charge in [0, 0.05) is 13.1 Å². The molecular weight excluding hydrogens is 232 g/mol. The topological polar surface area (TPSA) is 127 Å². The van der Waals surface area contributed by atoms with Crippen LogP contribution in [-0.4, -0.2) is 38.1 Å². The van der Waals surface area contributed by atoms with Crippen LogP contribution in [0.1, 0.15) is 0 Å². The van der Waals surface area contributed by atoms with Gasteiger partial charge in [-0.15, -0.1) is 6.58 Å². The van der Waals surface area contributed by atoms with Gasteiger partial charge < -0.3 is 24.9 Å². The van der Waals surface area contributed by atoms with E-state index in [9.17, 15) is 9.13 Å². The quantitative estimate of drug-likeness (QED) is 0.241. The molecule has 0 aromatic heterocycles. The van der Waals surface area contributed by atoms with Gasteiger partial charge in [-0.2, -0.15) is 0 Å². The molecule has 0 bridgehead atoms. The molecule has 0 atom stereocenters. The van der Waals surface area contributed by atoms with Crippen molar-refractivity contribution in [2.75, 3.05) is 13.1 Å². The van der Waals surface area contributed by atoms with E-state index in [4.69, 9.17) is 19.6 Å². The minimum atomic E-state index is -4.80. The van der Waals surface area contributed by atoms with Crippen molar-refractivity contribution in [3.63, 3.8) is 0 Å². The lowest BCUT2D eigenvalue weighted by Crippen LogP contribution is -2.27. The molecule has 84 valence electrons. The summed E-state index contributed by atoms with van der Waals surface area (Å²) in [5.74, 6) is 0. The third-order valence-corrected chi connectivity index (χ3v) is 5.12. The van der Waals surface area contributed by atoms with Crippen molar-refractivity contribution in [3.8, 4) is 0 Å². The zero-order valence-corrected chi connectivity index (χ0v) is 9.06. The average molecular weight is 245 g/mol. The van der Waals surface area contributed by atoms with Gasteiger partial charge in [0.05, 0.1) is 0 Å². The summed E-state index contributed by atoms with van der Waals surface area (Å²) in [5.41, 5.74) is 0. The van der Waals surface area contributed by atoms with E-state index >= 15 is 0 Å². The van der Waals surface area contributed by atoms with Crippen LogP contribution in [0.5, 0.6) is 0 Å². The fourth-order valence-corrected chi connectivity index (χ4v) is 3.05. The summed E-state index contributed by atoms with van der Waals surface area (Å²) in [4.78, 5) is 34.7. The molecule has 7 nitrogen and oxygen atoms in total. The van der Waals surface area contributed by atoms with Gasteiger partial charge in [0.2, 0.25) is 0 Å². The van der Waals surface area contributed by atoms with E-state index in [-0.39, 0.29) is 6.54 Å². The molecule has 0 fully saturated rings. The lowest BCUT2D eigenvalue weighted by molar-refractivity contribution is 0.337. The van der Waals surface area contributed by atoms with E-state index in [1.54, 1.807) is 0 Å². The molecule has 0 spiro atoms. The second kappa shape index (κ2) is 5.19. The average Bonchev–Trinajstić information content (AvgIpc) is 1.92. The molecule has 0 amide bonds. The molecule has 0 saturated carbocycles. The highest BCUT2D eigenvalue weighted by molar-refractivity contribution is 7.70. The molecule has 0 aromatic rings. The van der Waals surface area contributed by atoms with Crippen LogP contribution in [0.2, 0.25) is 0 Å². The first kappa shape index (κ1) is 14.0. The van der Waals surface area contributed by atoms with E-state index in [1.165, 1.54) is 6.08 Å². The summed E-state index contributed by atoms with van der Waals surface area (Å²) < 4.78 is 21.4. The van der Waals surface area contributed by atoms with Gasteiger partial charge in [-0.25, -0.2) is 0 Å². The molecule has 0 aliphatic rings. The Balaban J connectivity index is 4.52. The van der Waals surface area contributed by atoms with E-state index in [0.717, 1.165) is 0 Å². The summed E-state index contributed by atoms with van der Waals surface area (Å²) >= 11 is 0. The van der Waals surface area contributed by atoms with Crippen LogP contribution in [-0.2, 0) is 9.13 Å². The molecule has 5 N–H and O–H groups in total. The van der Waals surface area contributed by atoms with Gasteiger partial charge in [-0.1, -0.05) is 6.08 Å². The van der Waals surface area contributed by atoms with Crippen LogP contribution in [0.4, 0.5) is 0 Å². The molecule has 0 heterocycles. The summed E-state index contributed by atoms with van der Waals surface area (Å²) in [6.45, 7) is 3.09. The monoisotopic (exact) mass is 245 g/mol. The second-order valence-corrected chi connectivity index (χ2v) is 6.62. The first-order valence-electron chi connectivity index (χ1n) is 3.61. The summed E-state index contributed by atoms with van der Waals surface area (Å²) in [7, 11) is -9.59. The van der Waals surface area contributed by atoms with Gasteiger partial charge in [-0.3, -0.25) is 9.13 Å². The second-order valence-electron chi connectivity index (χ2n) is 2.61. The predicted octanol–water partition coefficient (Wildman–Crippen LogP) is -0.557. The maximum Gasteiger partial charge on any atom is 0.342 e. The summed E-state index contributed by atoms with van der Waals surface area (Å²) in [6, 6.07) is 0. The van der Waals surface area contributed by atoms with Crippen LogP contribution in [0, 0.1) is 0 Å². The standard InChI is InChI=1S/C5H13NO6P2/c1-2-3-6-4-5(13(7,8)9)14(10,11)12/h2,5-6H,1,3-4H2,(H2,7,8,9)(H2,10,11,12). The van der Waals surface area contributed by atoms with Crippen molar-refractivity contribution in [1.29, 1.82) is 0 Å². The maximum absolute atomic E-state index is 10.7. The van der Waals surface area contributed by atoms with Crippen LogP contribution in [0.25, 0.3) is 0 Å². The van der Waals surface area contributed by atoms with Crippen LogP contribution in [0.15, 0.2) is 12.7 Å². The molecule has 0 rings (SSSR count). The van der Waals surface area contributed by atoms with E-state index in [2.05, 4.69) is 11.9 Å². The fourth-order valence-electron chi connectivity index (χ4n) is 0.748. The van der Waals surface area contributed by atoms with Gasteiger partial charge in [0.25, 0.3) is 0 Å². The van der Waals surface area contributed by atoms with Crippen molar-refractivity contribution < 1.29 is 28.7 Å². The third kappa shape index (κ3) is 5.02. The minimum absolute atomic E-state index is 0.219. The Morgan fingerprint density at radius 3 is 1.93 bits per heavy atom. The first-order chi connectivity index (χ1) is 6.19. The maximum atomic E-state index is 10.7. The number of nitrogens with one attached hydrogen (secondary N) is 1. The largest absolute Gasteiger partial charge is 0.342 e. The Bertz CT molecular complexity index is 258. The third-order valence-electron chi connectivity index (χ3n) is 1.39. The normalized spacial score (nSPS) is 13.2. The van der Waals surface area contributed by atoms with Crippen molar-refractivity contribution in [1.82, 2.24) is 5.32 Å². The van der Waals surface area contributed by atoms with E-state index in [0.29, 0.717) is 0 Å². The van der Waals surface area contributed by atoms with Gasteiger partial charge >= 0.3 is 15.2 Å². The molecule has 0 aliphatic heterocycles. The number of rotatable bonds is 6. The molecule has 0 saturated heterocycles. The summed E-state index contributed by atoms with van der Waals surface area (Å²) in [6.07, 6.45) is 1.41. The summed E-state index contributed by atoms with van der Waals surface area (Å²) in [5, 5.41) is 0.455. The van der Waals surface area contributed by atoms with Crippen molar-refractivity contribution in [3.05, 3.63) is 12.7 Å². The number of hydrogen-bond acceptors (Lipinski definition) is 3. The molecule has 0 unspecified atom stereocenters. The molecule has 9 heteroatoms. The van der Waals surface area contributed by atoms with Gasteiger partial charge in [0.15, 0.2) is 5.40 Å². The highest BCUT2D eigenvalue weighted by Crippen LogP contribution is 2.59. The smallest absolute Gasteiger partial charge is 0.324 e. The number of hydrogen-bond donors (Lipinski definition) is 5. The van der Waals surface area contributed by atoms with Crippen molar-refractivity contribution in [2.45, 2.75) is 5.40 Å². The molecular formula is C5H13NO6P2. The first-order valence-corrected chi connectivity index (χ1v) is 6.98. The Kier molecular flexibility index (Phi) is 5.19. The Morgan fingerprint density at radius 1 is 1.21 bits per heavy atom. The van der Waals surface area contributed by atoms with Crippen molar-refractivity contribution >= 4 is 15.2 Å². The Morgan fingerprint density at radius 2 is 1.64 bits per heavy atom. The highest BCUT2D eigenvalue weighted by atomic mass is 31.2. The minimum Gasteiger partial charge on any atom is -0.324 e. The Labute approximate surface area is 81.2 Å². The fraction of sp³-hybridized carbons (Fsp3) is 0.600. The zero-order valence-electron chi connectivity index (χ0n) is 7.28. The lowest BCUT2D eigenvalue weighted by Gasteiger charge is -2.19. The van der Waals surface area contributed by atoms with Gasteiger partial charge in [0.1, 0.15) is 0 Å². The Hall–Kier alpha value is -0.0000000000000000416. The highest BCUT2D eigenvalue weighted by Gasteiger charge is 2.42. The lowest BCUT2D eigenvalue weighted by atomic mass is 10.6. The molecule has 0 aliphatic carbocycles. The van der Waals surface area contributed by atoms with E-state index in [1.807, 2.05) is 0 Å². The van der Waals surface area contributed by atoms with E-state index < -0.39 is 27.1 Å². The predicted molar refractivity (Wildman–Crippen MR) is 50.9 cm³/mol. The SMILES string of the molecule is C=CCNCC(P(=O)(O)O)P(=O)(O)O. The zero-order chi connectivity index (χ0) is 11.4. The van der Waals surface area contributed by atoms with Gasteiger partial charge in [-0.05, 0) is 0 Å². The molecule has 0 aromatic carbocycles. The van der Waals surface area contributed by atoms with Crippen LogP contribution in [0.3, 0.4) is 0 Å². The molecule has 0 radical (unpaired) electrons. The van der Waals surface area contributed by atoms with Crippen LogP contribution < -0.4 is 5.32 Å². The van der Waals surface area contributed by atoms with Crippen LogP contribution >= 0.6 is 15.2 Å².